The lowest BCUT2D eigenvalue weighted by molar-refractivity contribution is -0.138. The highest BCUT2D eigenvalue weighted by atomic mass is 32.2. The highest BCUT2D eigenvalue weighted by Gasteiger charge is 2.42. The number of nitrogens with zero attached hydrogens (tertiary/aromatic N) is 1. The molecule has 1 aliphatic rings. The van der Waals surface area contributed by atoms with Crippen LogP contribution in [0.25, 0.3) is 0 Å². The molecule has 0 amide bonds. The highest BCUT2D eigenvalue weighted by molar-refractivity contribution is 7.99. The van der Waals surface area contributed by atoms with Gasteiger partial charge in [-0.2, -0.15) is 0 Å². The third kappa shape index (κ3) is 4.97. The Labute approximate surface area is 161 Å². The summed E-state index contributed by atoms with van der Waals surface area (Å²) >= 11 is 1.56. The maximum Gasteiger partial charge on any atom is 0.306 e. The van der Waals surface area contributed by atoms with Crippen LogP contribution in [-0.4, -0.2) is 21.3 Å². The van der Waals surface area contributed by atoms with Crippen molar-refractivity contribution in [2.45, 2.75) is 43.6 Å². The van der Waals surface area contributed by atoms with Crippen LogP contribution >= 0.6 is 11.8 Å². The first-order chi connectivity index (χ1) is 12.8. The third-order valence-electron chi connectivity index (χ3n) is 4.37. The van der Waals surface area contributed by atoms with Crippen molar-refractivity contribution in [3.05, 3.63) is 53.2 Å². The Morgan fingerprint density at radius 1 is 1.37 bits per heavy atom. The summed E-state index contributed by atoms with van der Waals surface area (Å²) in [4.78, 5) is 15.2. The summed E-state index contributed by atoms with van der Waals surface area (Å²) in [5, 5.41) is 10.0. The molecule has 4 nitrogen and oxygen atoms in total. The van der Waals surface area contributed by atoms with Crippen LogP contribution in [0.1, 0.15) is 31.4 Å². The number of aliphatic carboxylic acids is 1. The minimum absolute atomic E-state index is 0.0137. The van der Waals surface area contributed by atoms with Crippen LogP contribution in [-0.2, 0) is 17.8 Å². The molecule has 1 aromatic heterocycles. The minimum atomic E-state index is -0.854. The lowest BCUT2D eigenvalue weighted by atomic mass is 10.1. The quantitative estimate of drug-likeness (QED) is 0.659. The van der Waals surface area contributed by atoms with Gasteiger partial charge >= 0.3 is 5.97 Å². The number of thioether (sulfide) groups is 1. The summed E-state index contributed by atoms with van der Waals surface area (Å²) in [6.45, 7) is 4.09. The van der Waals surface area contributed by atoms with Gasteiger partial charge in [0, 0.05) is 17.0 Å². The molecule has 1 saturated carbocycles. The van der Waals surface area contributed by atoms with Crippen molar-refractivity contribution < 1.29 is 23.4 Å². The highest BCUT2D eigenvalue weighted by Crippen LogP contribution is 2.41. The lowest BCUT2D eigenvalue weighted by Gasteiger charge is -2.13. The van der Waals surface area contributed by atoms with Crippen molar-refractivity contribution in [2.75, 3.05) is 0 Å². The molecule has 2 atom stereocenters. The van der Waals surface area contributed by atoms with Gasteiger partial charge < -0.3 is 9.84 Å². The first-order valence-corrected chi connectivity index (χ1v) is 9.67. The fourth-order valence-corrected chi connectivity index (χ4v) is 3.81. The van der Waals surface area contributed by atoms with Crippen LogP contribution in [0.15, 0.2) is 35.5 Å². The van der Waals surface area contributed by atoms with Crippen molar-refractivity contribution in [3.63, 3.8) is 0 Å². The topological polar surface area (TPSA) is 59.4 Å². The molecule has 2 aromatic rings. The van der Waals surface area contributed by atoms with E-state index in [0.717, 1.165) is 10.6 Å². The summed E-state index contributed by atoms with van der Waals surface area (Å²) in [5.74, 6) is -3.30. The van der Waals surface area contributed by atoms with Gasteiger partial charge in [-0.1, -0.05) is 19.9 Å². The molecule has 1 aliphatic carbocycles. The van der Waals surface area contributed by atoms with Crippen molar-refractivity contribution in [3.8, 4) is 5.75 Å². The van der Waals surface area contributed by atoms with E-state index in [0.29, 0.717) is 23.7 Å². The predicted molar refractivity (Wildman–Crippen MR) is 98.9 cm³/mol. The van der Waals surface area contributed by atoms with E-state index in [1.54, 1.807) is 24.0 Å². The van der Waals surface area contributed by atoms with Crippen LogP contribution in [0.2, 0.25) is 0 Å². The van der Waals surface area contributed by atoms with Gasteiger partial charge in [-0.05, 0) is 42.5 Å². The fraction of sp³-hybridized carbons (Fsp3) is 0.400. The number of hydrogen-bond donors (Lipinski definition) is 1. The Morgan fingerprint density at radius 2 is 2.07 bits per heavy atom. The monoisotopic (exact) mass is 393 g/mol. The number of ether oxygens (including phenoxy) is 1. The molecule has 27 heavy (non-hydrogen) atoms. The first kappa shape index (κ1) is 19.6. The van der Waals surface area contributed by atoms with Crippen LogP contribution in [0.5, 0.6) is 5.75 Å². The van der Waals surface area contributed by atoms with Crippen LogP contribution in [0.4, 0.5) is 8.78 Å². The molecular weight excluding hydrogens is 372 g/mol. The Morgan fingerprint density at radius 3 is 2.67 bits per heavy atom. The second kappa shape index (κ2) is 8.25. The molecule has 144 valence electrons. The van der Waals surface area contributed by atoms with Gasteiger partial charge in [0.2, 0.25) is 0 Å². The molecular formula is C20H21F2NO3S. The van der Waals surface area contributed by atoms with E-state index in [4.69, 9.17) is 9.84 Å². The Bertz CT molecular complexity index is 821. The molecule has 0 bridgehead atoms. The zero-order valence-corrected chi connectivity index (χ0v) is 15.9. The van der Waals surface area contributed by atoms with E-state index in [1.165, 1.54) is 12.1 Å². The molecule has 3 rings (SSSR count). The van der Waals surface area contributed by atoms with Crippen LogP contribution in [0, 0.1) is 23.5 Å². The summed E-state index contributed by atoms with van der Waals surface area (Å²) in [6, 6.07) is 6.03. The summed E-state index contributed by atoms with van der Waals surface area (Å²) < 4.78 is 34.1. The molecule has 0 saturated heterocycles. The van der Waals surface area contributed by atoms with Crippen molar-refractivity contribution in [2.24, 2.45) is 11.8 Å². The molecule has 0 aliphatic heterocycles. The normalized spacial score (nSPS) is 18.6. The third-order valence-corrected chi connectivity index (χ3v) is 5.43. The molecule has 1 N–H and O–H groups in total. The molecule has 1 heterocycles. The Balaban J connectivity index is 1.68. The van der Waals surface area contributed by atoms with Gasteiger partial charge in [0.15, 0.2) is 17.4 Å². The largest absolute Gasteiger partial charge is 0.483 e. The zero-order chi connectivity index (χ0) is 19.6. The van der Waals surface area contributed by atoms with E-state index in [-0.39, 0.29) is 12.5 Å². The summed E-state index contributed by atoms with van der Waals surface area (Å²) in [5.41, 5.74) is 1.21. The standard InChI is InChI=1S/C20H21F2NO3S/c1-11(2)27-19-13(4-3-5-23-19)10-26-18-16(21)7-12(8-17(18)22)6-14-9-15(14)20(24)25/h3-5,7-8,11,14-15H,6,9-10H2,1-2H3,(H,24,25). The number of carboxylic acid groups (broad SMARTS) is 1. The van der Waals surface area contributed by atoms with Gasteiger partial charge in [0.05, 0.1) is 5.92 Å². The number of aromatic nitrogens is 1. The number of carbonyl (C=O) groups is 1. The first-order valence-electron chi connectivity index (χ1n) is 8.79. The number of carboxylic acids is 1. The van der Waals surface area contributed by atoms with Crippen molar-refractivity contribution in [1.82, 2.24) is 4.98 Å². The second-order valence-electron chi connectivity index (χ2n) is 6.96. The van der Waals surface area contributed by atoms with E-state index in [1.807, 2.05) is 19.9 Å². The van der Waals surface area contributed by atoms with Crippen molar-refractivity contribution >= 4 is 17.7 Å². The van der Waals surface area contributed by atoms with Gasteiger partial charge in [0.25, 0.3) is 0 Å². The Hall–Kier alpha value is -2.15. The number of halogens is 2. The fourth-order valence-electron chi connectivity index (χ4n) is 2.96. The molecule has 7 heteroatoms. The van der Waals surface area contributed by atoms with E-state index in [2.05, 4.69) is 4.98 Å². The second-order valence-corrected chi connectivity index (χ2v) is 8.52. The summed E-state index contributed by atoms with van der Waals surface area (Å²) in [6.07, 6.45) is 2.57. The number of benzene rings is 1. The van der Waals surface area contributed by atoms with Gasteiger partial charge in [0.1, 0.15) is 11.6 Å². The number of pyridine rings is 1. The maximum absolute atomic E-state index is 14.3. The van der Waals surface area contributed by atoms with E-state index in [9.17, 15) is 13.6 Å². The molecule has 0 spiro atoms. The number of rotatable bonds is 8. The molecule has 1 fully saturated rings. The van der Waals surface area contributed by atoms with Crippen LogP contribution in [0.3, 0.4) is 0 Å². The predicted octanol–water partition coefficient (Wildman–Crippen LogP) is 4.70. The van der Waals surface area contributed by atoms with Crippen molar-refractivity contribution in [1.29, 1.82) is 0 Å². The van der Waals surface area contributed by atoms with Gasteiger partial charge in [-0.15, -0.1) is 11.8 Å². The van der Waals surface area contributed by atoms with E-state index < -0.39 is 29.3 Å². The smallest absolute Gasteiger partial charge is 0.306 e. The van der Waals surface area contributed by atoms with Crippen LogP contribution < -0.4 is 4.74 Å². The average Bonchev–Trinajstić information content (AvgIpc) is 3.34. The van der Waals surface area contributed by atoms with Gasteiger partial charge in [-0.3, -0.25) is 4.79 Å². The Kier molecular flexibility index (Phi) is 5.99. The zero-order valence-electron chi connectivity index (χ0n) is 15.1. The molecule has 1 aromatic carbocycles. The minimum Gasteiger partial charge on any atom is -0.483 e. The number of hydrogen-bond acceptors (Lipinski definition) is 4. The average molecular weight is 393 g/mol. The SMILES string of the molecule is CC(C)Sc1ncccc1COc1c(F)cc(CC2CC2C(=O)O)cc1F. The maximum atomic E-state index is 14.3. The summed E-state index contributed by atoms with van der Waals surface area (Å²) in [7, 11) is 0. The van der Waals surface area contributed by atoms with E-state index >= 15 is 0 Å². The van der Waals surface area contributed by atoms with Gasteiger partial charge in [-0.25, -0.2) is 13.8 Å². The molecule has 0 radical (unpaired) electrons. The lowest BCUT2D eigenvalue weighted by Crippen LogP contribution is -2.05. The molecule has 2 unspecified atom stereocenters.